The molecule has 6 heteroatoms. The zero-order valence-corrected chi connectivity index (χ0v) is 53.9. The van der Waals surface area contributed by atoms with Gasteiger partial charge in [-0.1, -0.05) is 313 Å². The van der Waals surface area contributed by atoms with E-state index in [0.29, 0.717) is 19.3 Å². The van der Waals surface area contributed by atoms with Gasteiger partial charge in [-0.05, 0) is 103 Å². The highest BCUT2D eigenvalue weighted by Gasteiger charge is 2.19. The van der Waals surface area contributed by atoms with E-state index in [9.17, 15) is 14.4 Å². The van der Waals surface area contributed by atoms with Gasteiger partial charge >= 0.3 is 17.9 Å². The summed E-state index contributed by atoms with van der Waals surface area (Å²) in [6.07, 6.45) is 87.0. The quantitative estimate of drug-likeness (QED) is 0.0261. The Kier molecular flexibility index (Phi) is 66.6. The van der Waals surface area contributed by atoms with Crippen LogP contribution in [0.25, 0.3) is 0 Å². The largest absolute Gasteiger partial charge is 0.462 e. The van der Waals surface area contributed by atoms with Gasteiger partial charge in [0.1, 0.15) is 13.2 Å². The van der Waals surface area contributed by atoms with Gasteiger partial charge in [0.2, 0.25) is 0 Å². The van der Waals surface area contributed by atoms with Crippen molar-refractivity contribution in [3.63, 3.8) is 0 Å². The molecular weight excluding hydrogens is 985 g/mol. The Morgan fingerprint density at radius 1 is 0.250 bits per heavy atom. The summed E-state index contributed by atoms with van der Waals surface area (Å²) in [6.45, 7) is 6.69. The summed E-state index contributed by atoms with van der Waals surface area (Å²) < 4.78 is 17.0. The summed E-state index contributed by atoms with van der Waals surface area (Å²) in [5.41, 5.74) is 0. The number of allylic oxidation sites excluding steroid dienone is 8. The van der Waals surface area contributed by atoms with E-state index >= 15 is 0 Å². The number of unbranched alkanes of at least 4 members (excludes halogenated alkanes) is 47. The van der Waals surface area contributed by atoms with E-state index in [1.54, 1.807) is 0 Å². The molecule has 80 heavy (non-hydrogen) atoms. The minimum atomic E-state index is -0.778. The first kappa shape index (κ1) is 77.4. The minimum Gasteiger partial charge on any atom is -0.462 e. The highest BCUT2D eigenvalue weighted by molar-refractivity contribution is 5.71. The normalized spacial score (nSPS) is 12.3. The van der Waals surface area contributed by atoms with Gasteiger partial charge in [0.05, 0.1) is 0 Å². The Bertz CT molecular complexity index is 1380. The fraction of sp³-hybridized carbons (Fsp3) is 0.851. The van der Waals surface area contributed by atoms with Gasteiger partial charge < -0.3 is 14.2 Å². The maximum Gasteiger partial charge on any atom is 0.306 e. The Morgan fingerprint density at radius 3 is 0.700 bits per heavy atom. The second kappa shape index (κ2) is 68.9. The lowest BCUT2D eigenvalue weighted by Gasteiger charge is -2.18. The van der Waals surface area contributed by atoms with E-state index in [1.807, 2.05) is 0 Å². The van der Waals surface area contributed by atoms with Gasteiger partial charge in [0.15, 0.2) is 6.10 Å². The van der Waals surface area contributed by atoms with Crippen LogP contribution in [0.1, 0.15) is 387 Å². The molecule has 1 atom stereocenters. The van der Waals surface area contributed by atoms with Crippen molar-refractivity contribution < 1.29 is 28.6 Å². The number of carbonyl (C=O) groups excluding carboxylic acids is 3. The van der Waals surface area contributed by atoms with Gasteiger partial charge in [-0.25, -0.2) is 0 Å². The third-order valence-electron chi connectivity index (χ3n) is 16.0. The molecule has 0 N–H and O–H groups in total. The topological polar surface area (TPSA) is 78.9 Å². The van der Waals surface area contributed by atoms with Crippen molar-refractivity contribution in [1.29, 1.82) is 0 Å². The first-order valence-electron chi connectivity index (χ1n) is 35.6. The molecule has 0 aliphatic heterocycles. The molecule has 0 heterocycles. The summed E-state index contributed by atoms with van der Waals surface area (Å²) >= 11 is 0. The van der Waals surface area contributed by atoms with E-state index in [-0.39, 0.29) is 31.1 Å². The van der Waals surface area contributed by atoms with Crippen LogP contribution in [0.15, 0.2) is 48.6 Å². The van der Waals surface area contributed by atoms with Gasteiger partial charge in [-0.15, -0.1) is 0 Å². The Hall–Kier alpha value is -2.63. The predicted octanol–water partition coefficient (Wildman–Crippen LogP) is 24.5. The van der Waals surface area contributed by atoms with Crippen molar-refractivity contribution in [1.82, 2.24) is 0 Å². The number of rotatable bonds is 66. The Labute approximate surface area is 498 Å². The van der Waals surface area contributed by atoms with Crippen molar-refractivity contribution in [2.75, 3.05) is 13.2 Å². The van der Waals surface area contributed by atoms with Gasteiger partial charge in [0, 0.05) is 19.3 Å². The zero-order chi connectivity index (χ0) is 57.8. The molecule has 0 spiro atoms. The maximum absolute atomic E-state index is 13.0. The molecule has 0 aliphatic carbocycles. The van der Waals surface area contributed by atoms with Crippen molar-refractivity contribution in [2.45, 2.75) is 393 Å². The monoisotopic (exact) mass is 1120 g/mol. The Morgan fingerprint density at radius 2 is 0.450 bits per heavy atom. The second-order valence-corrected chi connectivity index (χ2v) is 24.1. The summed E-state index contributed by atoms with van der Waals surface area (Å²) in [5.74, 6) is -0.855. The summed E-state index contributed by atoms with van der Waals surface area (Å²) in [5, 5.41) is 0. The molecule has 1 unspecified atom stereocenters. The first-order chi connectivity index (χ1) is 39.5. The van der Waals surface area contributed by atoms with Crippen LogP contribution in [-0.4, -0.2) is 37.2 Å². The molecule has 0 aromatic carbocycles. The van der Waals surface area contributed by atoms with E-state index < -0.39 is 6.10 Å². The molecule has 0 aliphatic rings. The summed E-state index contributed by atoms with van der Waals surface area (Å²) in [7, 11) is 0. The lowest BCUT2D eigenvalue weighted by Crippen LogP contribution is -2.30. The van der Waals surface area contributed by atoms with Crippen LogP contribution in [0.2, 0.25) is 0 Å². The fourth-order valence-corrected chi connectivity index (χ4v) is 10.6. The molecule has 0 saturated carbocycles. The molecule has 0 rings (SSSR count). The average molecular weight is 1120 g/mol. The van der Waals surface area contributed by atoms with Crippen LogP contribution >= 0.6 is 0 Å². The van der Waals surface area contributed by atoms with Crippen LogP contribution in [-0.2, 0) is 28.6 Å². The van der Waals surface area contributed by atoms with Crippen molar-refractivity contribution in [2.24, 2.45) is 0 Å². The van der Waals surface area contributed by atoms with Crippen LogP contribution in [0.5, 0.6) is 0 Å². The molecule has 468 valence electrons. The average Bonchev–Trinajstić information content (AvgIpc) is 3.46. The lowest BCUT2D eigenvalue weighted by molar-refractivity contribution is -0.167. The van der Waals surface area contributed by atoms with Gasteiger partial charge in [-0.3, -0.25) is 14.4 Å². The lowest BCUT2D eigenvalue weighted by atomic mass is 10.0. The van der Waals surface area contributed by atoms with Crippen LogP contribution in [0.3, 0.4) is 0 Å². The molecule has 0 aromatic rings. The molecule has 0 bridgehead atoms. The van der Waals surface area contributed by atoms with Crippen molar-refractivity contribution in [3.8, 4) is 0 Å². The molecule has 0 radical (unpaired) electrons. The maximum atomic E-state index is 13.0. The summed E-state index contributed by atoms with van der Waals surface area (Å²) in [6, 6.07) is 0. The molecule has 0 amide bonds. The van der Waals surface area contributed by atoms with Crippen molar-refractivity contribution in [3.05, 3.63) is 48.6 Å². The van der Waals surface area contributed by atoms with Gasteiger partial charge in [-0.2, -0.15) is 0 Å². The Balaban J connectivity index is 4.34. The highest BCUT2D eigenvalue weighted by Crippen LogP contribution is 2.18. The summed E-state index contributed by atoms with van der Waals surface area (Å²) in [4.78, 5) is 38.5. The SMILES string of the molecule is CCCCCCC/C=C\C/C=C\CCCCCCCCCCCCCC(=O)OCC(COC(=O)CCCCCCCCC/C=C\CCCCCCCCC)OC(=O)CCCCCCCCCCC/C=C\CCCCCCCCCC. The molecule has 0 saturated heterocycles. The highest BCUT2D eigenvalue weighted by atomic mass is 16.6. The van der Waals surface area contributed by atoms with E-state index in [4.69, 9.17) is 14.2 Å². The number of esters is 3. The molecule has 0 fully saturated rings. The third-order valence-corrected chi connectivity index (χ3v) is 16.0. The number of hydrogen-bond donors (Lipinski definition) is 0. The van der Waals surface area contributed by atoms with Crippen LogP contribution < -0.4 is 0 Å². The van der Waals surface area contributed by atoms with E-state index in [0.717, 1.165) is 64.2 Å². The van der Waals surface area contributed by atoms with Crippen LogP contribution in [0, 0.1) is 0 Å². The standard InChI is InChI=1S/C74H136O6/c1-4-7-10-13-16-19-22-25-28-31-34-36-37-39-40-43-46-49-52-55-58-61-64-67-73(76)79-70-71(69-78-72(75)66-63-60-57-54-51-48-45-42-33-30-27-24-21-18-15-12-9-6-3)80-74(77)68-65-62-59-56-53-50-47-44-41-38-35-32-29-26-23-20-17-14-11-8-5-2/h22,25,30-35,71H,4-21,23-24,26-29,36-70H2,1-3H3/b25-22-,33-30-,34-31-,35-32-. The predicted molar refractivity (Wildman–Crippen MR) is 349 cm³/mol. The number of hydrogen-bond acceptors (Lipinski definition) is 6. The second-order valence-electron chi connectivity index (χ2n) is 24.1. The van der Waals surface area contributed by atoms with E-state index in [2.05, 4.69) is 69.4 Å². The third kappa shape index (κ3) is 66.2. The van der Waals surface area contributed by atoms with Gasteiger partial charge in [0.25, 0.3) is 0 Å². The number of ether oxygens (including phenoxy) is 3. The van der Waals surface area contributed by atoms with Crippen LogP contribution in [0.4, 0.5) is 0 Å². The zero-order valence-electron chi connectivity index (χ0n) is 53.9. The minimum absolute atomic E-state index is 0.0733. The smallest absolute Gasteiger partial charge is 0.306 e. The first-order valence-corrected chi connectivity index (χ1v) is 35.6. The molecule has 0 aromatic heterocycles. The van der Waals surface area contributed by atoms with E-state index in [1.165, 1.54) is 283 Å². The van der Waals surface area contributed by atoms with Crippen molar-refractivity contribution >= 4 is 17.9 Å². The number of carbonyl (C=O) groups is 3. The fourth-order valence-electron chi connectivity index (χ4n) is 10.6. The molecule has 6 nitrogen and oxygen atoms in total. The molecular formula is C74H136O6.